The molecule has 1 atom stereocenters. The van der Waals surface area contributed by atoms with Crippen molar-refractivity contribution in [3.8, 4) is 0 Å². The van der Waals surface area contributed by atoms with Gasteiger partial charge in [-0.3, -0.25) is 14.9 Å². The smallest absolute Gasteiger partial charge is 0.257 e. The summed E-state index contributed by atoms with van der Waals surface area (Å²) in [5, 5.41) is 12.8. The molecular formula is C19H14ClIN4O2S. The maximum atomic E-state index is 12.4. The molecular weight excluding hydrogens is 511 g/mol. The summed E-state index contributed by atoms with van der Waals surface area (Å²) in [6.07, 6.45) is 0.363. The molecule has 6 nitrogen and oxygen atoms in total. The summed E-state index contributed by atoms with van der Waals surface area (Å²) < 4.78 is 0.981. The van der Waals surface area contributed by atoms with E-state index < -0.39 is 0 Å². The molecule has 28 heavy (non-hydrogen) atoms. The largest absolute Gasteiger partial charge is 0.312 e. The lowest BCUT2D eigenvalue weighted by Crippen LogP contribution is -2.24. The highest BCUT2D eigenvalue weighted by Gasteiger charge is 2.34. The third-order valence-electron chi connectivity index (χ3n) is 4.36. The van der Waals surface area contributed by atoms with Crippen molar-refractivity contribution >= 4 is 68.2 Å². The molecule has 2 heterocycles. The Morgan fingerprint density at radius 2 is 2.00 bits per heavy atom. The Balaban J connectivity index is 1.45. The van der Waals surface area contributed by atoms with E-state index in [1.807, 2.05) is 24.3 Å². The Hall–Kier alpha value is -2.04. The lowest BCUT2D eigenvalue weighted by atomic mass is 10.1. The van der Waals surface area contributed by atoms with Crippen molar-refractivity contribution in [3.05, 3.63) is 67.7 Å². The fourth-order valence-electron chi connectivity index (χ4n) is 2.99. The van der Waals surface area contributed by atoms with Crippen LogP contribution in [0.5, 0.6) is 0 Å². The van der Waals surface area contributed by atoms with Gasteiger partial charge in [0.1, 0.15) is 5.01 Å². The second-order valence-corrected chi connectivity index (χ2v) is 8.98. The number of halogens is 2. The minimum atomic E-state index is -0.230. The second-order valence-electron chi connectivity index (χ2n) is 6.29. The van der Waals surface area contributed by atoms with Gasteiger partial charge in [0.05, 0.1) is 0 Å². The molecule has 0 radical (unpaired) electrons. The molecule has 0 spiro atoms. The SMILES string of the molecule is O=C(Nc1nnc(C2CC(=O)N(c3ccc(Cl)cc3)C2)s1)c1cccc(I)c1. The predicted octanol–water partition coefficient (Wildman–Crippen LogP) is 4.57. The summed E-state index contributed by atoms with van der Waals surface area (Å²) in [6, 6.07) is 14.5. The number of carbonyl (C=O) groups excluding carboxylic acids is 2. The van der Waals surface area contributed by atoms with Crippen molar-refractivity contribution in [1.29, 1.82) is 0 Å². The van der Waals surface area contributed by atoms with Crippen LogP contribution in [0, 0.1) is 3.57 Å². The van der Waals surface area contributed by atoms with Gasteiger partial charge in [0.15, 0.2) is 0 Å². The van der Waals surface area contributed by atoms with E-state index in [-0.39, 0.29) is 17.7 Å². The molecule has 4 rings (SSSR count). The Kier molecular flexibility index (Phi) is 5.61. The van der Waals surface area contributed by atoms with Gasteiger partial charge >= 0.3 is 0 Å². The highest BCUT2D eigenvalue weighted by molar-refractivity contribution is 14.1. The normalized spacial score (nSPS) is 16.4. The van der Waals surface area contributed by atoms with Gasteiger partial charge in [-0.15, -0.1) is 10.2 Å². The van der Waals surface area contributed by atoms with Crippen molar-refractivity contribution in [2.75, 3.05) is 16.8 Å². The summed E-state index contributed by atoms with van der Waals surface area (Å²) in [5.74, 6) is -0.248. The molecule has 0 saturated carbocycles. The number of nitrogens with one attached hydrogen (secondary N) is 1. The Bertz CT molecular complexity index is 1040. The first-order valence-corrected chi connectivity index (χ1v) is 10.7. The van der Waals surface area contributed by atoms with Crippen LogP contribution < -0.4 is 10.2 Å². The molecule has 9 heteroatoms. The average molecular weight is 525 g/mol. The van der Waals surface area contributed by atoms with Crippen molar-refractivity contribution in [3.63, 3.8) is 0 Å². The zero-order valence-electron chi connectivity index (χ0n) is 14.4. The number of aromatic nitrogens is 2. The molecule has 0 bridgehead atoms. The van der Waals surface area contributed by atoms with E-state index in [4.69, 9.17) is 11.6 Å². The molecule has 1 N–H and O–H groups in total. The monoisotopic (exact) mass is 524 g/mol. The van der Waals surface area contributed by atoms with Gasteiger partial charge in [-0.05, 0) is 65.1 Å². The van der Waals surface area contributed by atoms with E-state index in [2.05, 4.69) is 38.1 Å². The highest BCUT2D eigenvalue weighted by Crippen LogP contribution is 2.34. The first-order valence-electron chi connectivity index (χ1n) is 8.46. The van der Waals surface area contributed by atoms with E-state index in [1.165, 1.54) is 11.3 Å². The lowest BCUT2D eigenvalue weighted by Gasteiger charge is -2.16. The zero-order valence-corrected chi connectivity index (χ0v) is 18.2. The van der Waals surface area contributed by atoms with Crippen LogP contribution in [0.2, 0.25) is 5.02 Å². The van der Waals surface area contributed by atoms with E-state index in [0.29, 0.717) is 28.7 Å². The molecule has 2 amide bonds. The highest BCUT2D eigenvalue weighted by atomic mass is 127. The van der Waals surface area contributed by atoms with Crippen LogP contribution in [0.15, 0.2) is 48.5 Å². The number of rotatable bonds is 4. The van der Waals surface area contributed by atoms with Gasteiger partial charge in [0.2, 0.25) is 11.0 Å². The van der Waals surface area contributed by atoms with Crippen molar-refractivity contribution in [2.45, 2.75) is 12.3 Å². The first kappa shape index (κ1) is 19.3. The molecule has 3 aromatic rings. The topological polar surface area (TPSA) is 75.2 Å². The summed E-state index contributed by atoms with van der Waals surface area (Å²) in [6.45, 7) is 0.528. The van der Waals surface area contributed by atoms with Crippen molar-refractivity contribution in [1.82, 2.24) is 10.2 Å². The fraction of sp³-hybridized carbons (Fsp3) is 0.158. The maximum absolute atomic E-state index is 12.4. The van der Waals surface area contributed by atoms with E-state index in [9.17, 15) is 9.59 Å². The molecule has 2 aromatic carbocycles. The molecule has 1 aromatic heterocycles. The van der Waals surface area contributed by atoms with Gasteiger partial charge in [-0.2, -0.15) is 0 Å². The minimum absolute atomic E-state index is 0.0342. The van der Waals surface area contributed by atoms with Gasteiger partial charge in [0.25, 0.3) is 5.91 Å². The Morgan fingerprint density at radius 3 is 2.75 bits per heavy atom. The number of carbonyl (C=O) groups is 2. The maximum Gasteiger partial charge on any atom is 0.257 e. The van der Waals surface area contributed by atoms with Crippen molar-refractivity contribution in [2.24, 2.45) is 0 Å². The quantitative estimate of drug-likeness (QED) is 0.508. The number of amides is 2. The molecule has 0 aliphatic carbocycles. The van der Waals surface area contributed by atoms with Crippen LogP contribution in [0.25, 0.3) is 0 Å². The minimum Gasteiger partial charge on any atom is -0.312 e. The standard InChI is InChI=1S/C19H14ClIN4O2S/c20-13-4-6-15(7-5-13)25-10-12(9-16(25)26)18-23-24-19(28-18)22-17(27)11-2-1-3-14(21)8-11/h1-8,12H,9-10H2,(H,22,24,27). The van der Waals surface area contributed by atoms with Crippen LogP contribution >= 0.6 is 45.5 Å². The van der Waals surface area contributed by atoms with Gasteiger partial charge in [0, 0.05) is 38.7 Å². The predicted molar refractivity (Wildman–Crippen MR) is 118 cm³/mol. The van der Waals surface area contributed by atoms with Crippen molar-refractivity contribution < 1.29 is 9.59 Å². The number of hydrogen-bond donors (Lipinski definition) is 1. The summed E-state index contributed by atoms with van der Waals surface area (Å²) in [5.41, 5.74) is 1.38. The Morgan fingerprint density at radius 1 is 1.21 bits per heavy atom. The lowest BCUT2D eigenvalue weighted by molar-refractivity contribution is -0.117. The third kappa shape index (κ3) is 4.18. The Labute approximate surface area is 184 Å². The second kappa shape index (κ2) is 8.14. The van der Waals surface area contributed by atoms with Crippen LogP contribution in [-0.4, -0.2) is 28.6 Å². The van der Waals surface area contributed by atoms with Gasteiger partial charge in [-0.25, -0.2) is 0 Å². The van der Waals surface area contributed by atoms with E-state index in [0.717, 1.165) is 14.3 Å². The van der Waals surface area contributed by atoms with Crippen LogP contribution in [0.1, 0.15) is 27.7 Å². The van der Waals surface area contributed by atoms with Gasteiger partial charge < -0.3 is 4.90 Å². The van der Waals surface area contributed by atoms with E-state index >= 15 is 0 Å². The molecule has 1 fully saturated rings. The van der Waals surface area contributed by atoms with Crippen LogP contribution in [-0.2, 0) is 4.79 Å². The summed E-state index contributed by atoms with van der Waals surface area (Å²) in [7, 11) is 0. The average Bonchev–Trinajstić information content (AvgIpc) is 3.29. The molecule has 1 aliphatic rings. The van der Waals surface area contributed by atoms with Gasteiger partial charge in [-0.1, -0.05) is 29.0 Å². The molecule has 1 unspecified atom stereocenters. The number of anilines is 2. The number of benzene rings is 2. The molecule has 1 aliphatic heterocycles. The van der Waals surface area contributed by atoms with Crippen LogP contribution in [0.4, 0.5) is 10.8 Å². The van der Waals surface area contributed by atoms with E-state index in [1.54, 1.807) is 29.2 Å². The summed E-state index contributed by atoms with van der Waals surface area (Å²) >= 11 is 9.38. The summed E-state index contributed by atoms with van der Waals surface area (Å²) in [4.78, 5) is 26.5. The number of nitrogens with zero attached hydrogens (tertiary/aromatic N) is 3. The fourth-order valence-corrected chi connectivity index (χ4v) is 4.49. The third-order valence-corrected chi connectivity index (χ3v) is 6.28. The zero-order chi connectivity index (χ0) is 19.7. The molecule has 142 valence electrons. The first-order chi connectivity index (χ1) is 13.5. The molecule has 1 saturated heterocycles. The van der Waals surface area contributed by atoms with Crippen LogP contribution in [0.3, 0.4) is 0 Å². The number of hydrogen-bond acceptors (Lipinski definition) is 5.